The minimum atomic E-state index is 0.721. The highest BCUT2D eigenvalue weighted by atomic mass is 15.2. The van der Waals surface area contributed by atoms with Crippen LogP contribution in [0.25, 0.3) is 0 Å². The van der Waals surface area contributed by atoms with E-state index in [1.54, 1.807) is 0 Å². The first kappa shape index (κ1) is 15.2. The molecule has 0 N–H and O–H groups in total. The van der Waals surface area contributed by atoms with Gasteiger partial charge in [-0.2, -0.15) is 0 Å². The second kappa shape index (κ2) is 7.54. The Morgan fingerprint density at radius 3 is 3.00 bits per heavy atom. The van der Waals surface area contributed by atoms with Crippen molar-refractivity contribution in [2.45, 2.75) is 45.7 Å². The van der Waals surface area contributed by atoms with Gasteiger partial charge >= 0.3 is 0 Å². The summed E-state index contributed by atoms with van der Waals surface area (Å²) in [4.78, 5) is 11.6. The van der Waals surface area contributed by atoms with Crippen molar-refractivity contribution in [2.24, 2.45) is 5.92 Å². The highest BCUT2D eigenvalue weighted by Crippen LogP contribution is 2.21. The Bertz CT molecular complexity index is 563. The number of imidazole rings is 1. The SMILES string of the molecule is CCCn1ccnc1CN1CCC[C@H](Cc2ccccn2)C1. The fourth-order valence-electron chi connectivity index (χ4n) is 3.41. The topological polar surface area (TPSA) is 34.0 Å². The van der Waals surface area contributed by atoms with Gasteiger partial charge in [-0.25, -0.2) is 4.98 Å². The average Bonchev–Trinajstić information content (AvgIpc) is 2.96. The smallest absolute Gasteiger partial charge is 0.122 e. The van der Waals surface area contributed by atoms with Crippen LogP contribution in [0.1, 0.15) is 37.7 Å². The molecular formula is C18H26N4. The fraction of sp³-hybridized carbons (Fsp3) is 0.556. The molecule has 0 saturated carbocycles. The number of hydrogen-bond acceptors (Lipinski definition) is 3. The van der Waals surface area contributed by atoms with Gasteiger partial charge in [0, 0.05) is 37.4 Å². The molecule has 2 aromatic rings. The lowest BCUT2D eigenvalue weighted by atomic mass is 9.93. The molecule has 0 radical (unpaired) electrons. The Hall–Kier alpha value is -1.68. The molecule has 0 bridgehead atoms. The molecule has 0 aliphatic carbocycles. The molecule has 1 aliphatic rings. The van der Waals surface area contributed by atoms with Gasteiger partial charge < -0.3 is 4.57 Å². The van der Waals surface area contributed by atoms with E-state index in [0.29, 0.717) is 0 Å². The van der Waals surface area contributed by atoms with Gasteiger partial charge in [-0.15, -0.1) is 0 Å². The highest BCUT2D eigenvalue weighted by Gasteiger charge is 2.21. The normalized spacial score (nSPS) is 19.4. The van der Waals surface area contributed by atoms with E-state index in [9.17, 15) is 0 Å². The van der Waals surface area contributed by atoms with Gasteiger partial charge in [0.2, 0.25) is 0 Å². The maximum atomic E-state index is 4.55. The minimum absolute atomic E-state index is 0.721. The molecule has 2 aromatic heterocycles. The van der Waals surface area contributed by atoms with E-state index in [1.165, 1.54) is 30.9 Å². The molecule has 1 fully saturated rings. The molecule has 1 aliphatic heterocycles. The van der Waals surface area contributed by atoms with Crippen molar-refractivity contribution in [2.75, 3.05) is 13.1 Å². The largest absolute Gasteiger partial charge is 0.334 e. The van der Waals surface area contributed by atoms with E-state index < -0.39 is 0 Å². The van der Waals surface area contributed by atoms with Crippen LogP contribution in [0.3, 0.4) is 0 Å². The Labute approximate surface area is 133 Å². The van der Waals surface area contributed by atoms with Gasteiger partial charge in [0.25, 0.3) is 0 Å². The molecule has 0 spiro atoms. The van der Waals surface area contributed by atoms with E-state index in [0.717, 1.165) is 38.4 Å². The van der Waals surface area contributed by atoms with Crippen molar-refractivity contribution in [1.82, 2.24) is 19.4 Å². The Kier molecular flexibility index (Phi) is 5.22. The summed E-state index contributed by atoms with van der Waals surface area (Å²) in [6.45, 7) is 6.62. The predicted molar refractivity (Wildman–Crippen MR) is 88.5 cm³/mol. The molecule has 0 unspecified atom stereocenters. The quantitative estimate of drug-likeness (QED) is 0.821. The summed E-state index contributed by atoms with van der Waals surface area (Å²) in [5.41, 5.74) is 1.22. The Morgan fingerprint density at radius 1 is 1.23 bits per heavy atom. The molecule has 4 nitrogen and oxygen atoms in total. The zero-order valence-corrected chi connectivity index (χ0v) is 13.5. The first-order chi connectivity index (χ1) is 10.8. The van der Waals surface area contributed by atoms with Crippen LogP contribution in [0, 0.1) is 5.92 Å². The van der Waals surface area contributed by atoms with Crippen molar-refractivity contribution in [1.29, 1.82) is 0 Å². The van der Waals surface area contributed by atoms with Crippen LogP contribution in [0.2, 0.25) is 0 Å². The van der Waals surface area contributed by atoms with Gasteiger partial charge in [-0.3, -0.25) is 9.88 Å². The average molecular weight is 298 g/mol. The minimum Gasteiger partial charge on any atom is -0.334 e. The van der Waals surface area contributed by atoms with Gasteiger partial charge in [-0.1, -0.05) is 13.0 Å². The first-order valence-corrected chi connectivity index (χ1v) is 8.47. The highest BCUT2D eigenvalue weighted by molar-refractivity contribution is 5.05. The van der Waals surface area contributed by atoms with E-state index in [-0.39, 0.29) is 0 Å². The third kappa shape index (κ3) is 3.95. The number of pyridine rings is 1. The molecule has 3 heterocycles. The number of nitrogens with zero attached hydrogens (tertiary/aromatic N) is 4. The number of rotatable bonds is 6. The Balaban J connectivity index is 1.57. The monoisotopic (exact) mass is 298 g/mol. The summed E-state index contributed by atoms with van der Waals surface area (Å²) in [6, 6.07) is 6.22. The van der Waals surface area contributed by atoms with Gasteiger partial charge in [0.15, 0.2) is 0 Å². The maximum absolute atomic E-state index is 4.55. The number of aryl methyl sites for hydroxylation is 1. The zero-order chi connectivity index (χ0) is 15.2. The lowest BCUT2D eigenvalue weighted by Crippen LogP contribution is -2.36. The Morgan fingerprint density at radius 2 is 2.18 bits per heavy atom. The first-order valence-electron chi connectivity index (χ1n) is 8.47. The third-order valence-electron chi connectivity index (χ3n) is 4.46. The lowest BCUT2D eigenvalue weighted by molar-refractivity contribution is 0.161. The third-order valence-corrected chi connectivity index (χ3v) is 4.46. The van der Waals surface area contributed by atoms with E-state index in [1.807, 2.05) is 18.5 Å². The van der Waals surface area contributed by atoms with Crippen LogP contribution in [0.4, 0.5) is 0 Å². The summed E-state index contributed by atoms with van der Waals surface area (Å²) in [5.74, 6) is 1.93. The number of aromatic nitrogens is 3. The lowest BCUT2D eigenvalue weighted by Gasteiger charge is -2.32. The van der Waals surface area contributed by atoms with Crippen LogP contribution in [0.5, 0.6) is 0 Å². The number of hydrogen-bond donors (Lipinski definition) is 0. The summed E-state index contributed by atoms with van der Waals surface area (Å²) < 4.78 is 2.29. The van der Waals surface area contributed by atoms with Gasteiger partial charge in [-0.05, 0) is 50.3 Å². The number of likely N-dealkylation sites (tertiary alicyclic amines) is 1. The maximum Gasteiger partial charge on any atom is 0.122 e. The molecule has 1 saturated heterocycles. The van der Waals surface area contributed by atoms with E-state index >= 15 is 0 Å². The fourth-order valence-corrected chi connectivity index (χ4v) is 3.41. The predicted octanol–water partition coefficient (Wildman–Crippen LogP) is 3.14. The van der Waals surface area contributed by atoms with Crippen molar-refractivity contribution in [3.63, 3.8) is 0 Å². The van der Waals surface area contributed by atoms with Crippen LogP contribution < -0.4 is 0 Å². The standard InChI is InChI=1S/C18H26N4/c1-2-10-22-12-9-20-18(22)15-21-11-5-6-16(14-21)13-17-7-3-4-8-19-17/h3-4,7-9,12,16H,2,5-6,10-11,13-15H2,1H3/t16-/m1/s1. The van der Waals surface area contributed by atoms with E-state index in [2.05, 4.69) is 44.7 Å². The summed E-state index contributed by atoms with van der Waals surface area (Å²) in [7, 11) is 0. The molecule has 118 valence electrons. The molecule has 3 rings (SSSR count). The van der Waals surface area contributed by atoms with Crippen LogP contribution in [0.15, 0.2) is 36.8 Å². The molecule has 0 aromatic carbocycles. The molecule has 1 atom stereocenters. The van der Waals surface area contributed by atoms with Crippen LogP contribution in [-0.2, 0) is 19.5 Å². The van der Waals surface area contributed by atoms with Gasteiger partial charge in [0.05, 0.1) is 6.54 Å². The molecule has 4 heteroatoms. The molecule has 0 amide bonds. The summed E-state index contributed by atoms with van der Waals surface area (Å²) in [5, 5.41) is 0. The summed E-state index contributed by atoms with van der Waals surface area (Å²) >= 11 is 0. The molecule has 22 heavy (non-hydrogen) atoms. The van der Waals surface area contributed by atoms with E-state index in [4.69, 9.17) is 0 Å². The van der Waals surface area contributed by atoms with Crippen molar-refractivity contribution >= 4 is 0 Å². The van der Waals surface area contributed by atoms with Gasteiger partial charge in [0.1, 0.15) is 5.82 Å². The second-order valence-electron chi connectivity index (χ2n) is 6.31. The zero-order valence-electron chi connectivity index (χ0n) is 13.5. The second-order valence-corrected chi connectivity index (χ2v) is 6.31. The molecular weight excluding hydrogens is 272 g/mol. The van der Waals surface area contributed by atoms with Crippen molar-refractivity contribution in [3.05, 3.63) is 48.3 Å². The van der Waals surface area contributed by atoms with Crippen LogP contribution in [-0.4, -0.2) is 32.5 Å². The van der Waals surface area contributed by atoms with Crippen LogP contribution >= 0.6 is 0 Å². The summed E-state index contributed by atoms with van der Waals surface area (Å²) in [6.07, 6.45) is 10.8. The van der Waals surface area contributed by atoms with Crippen molar-refractivity contribution < 1.29 is 0 Å². The number of piperidine rings is 1. The van der Waals surface area contributed by atoms with Crippen molar-refractivity contribution in [3.8, 4) is 0 Å².